The minimum atomic E-state index is -0.500. The van der Waals surface area contributed by atoms with Gasteiger partial charge in [-0.3, -0.25) is 19.6 Å². The smallest absolute Gasteiger partial charge is 0.260 e. The Bertz CT molecular complexity index is 2250. The van der Waals surface area contributed by atoms with Gasteiger partial charge in [-0.1, -0.05) is 24.3 Å². The Labute approximate surface area is 334 Å². The van der Waals surface area contributed by atoms with Gasteiger partial charge in [0.2, 0.25) is 5.91 Å². The molecule has 57 heavy (non-hydrogen) atoms. The van der Waals surface area contributed by atoms with Crippen molar-refractivity contribution in [3.05, 3.63) is 119 Å². The molecular formula is C46H49N5O6. The molecule has 0 radical (unpaired) electrons. The van der Waals surface area contributed by atoms with Crippen LogP contribution in [-0.2, 0) is 14.3 Å². The molecule has 0 fully saturated rings. The predicted octanol–water partition coefficient (Wildman–Crippen LogP) is 8.11. The van der Waals surface area contributed by atoms with Gasteiger partial charge in [0.25, 0.3) is 5.91 Å². The van der Waals surface area contributed by atoms with Crippen molar-refractivity contribution >= 4 is 46.8 Å². The molecule has 0 bridgehead atoms. The number of fused-ring (bicyclic) bond motifs is 4. The number of aliphatic imine (C=N–C) groups is 2. The van der Waals surface area contributed by atoms with Gasteiger partial charge >= 0.3 is 0 Å². The van der Waals surface area contributed by atoms with Gasteiger partial charge in [0, 0.05) is 61.4 Å². The third-order valence-electron chi connectivity index (χ3n) is 10.8. The van der Waals surface area contributed by atoms with E-state index in [0.29, 0.717) is 61.0 Å². The van der Waals surface area contributed by atoms with Crippen LogP contribution in [0.5, 0.6) is 11.5 Å². The highest BCUT2D eigenvalue weighted by Crippen LogP contribution is 2.39. The second-order valence-corrected chi connectivity index (χ2v) is 16.0. The number of nitrogens with one attached hydrogen (secondary N) is 1. The molecule has 294 valence electrons. The molecule has 8 rings (SSSR count). The number of carbonyl (C=O) groups excluding carboxylic acids is 2. The Balaban J connectivity index is 0.863. The number of methoxy groups -OCH3 is 2. The molecule has 0 aromatic heterocycles. The summed E-state index contributed by atoms with van der Waals surface area (Å²) in [4.78, 5) is 40.8. The molecule has 4 aliphatic heterocycles. The molecule has 4 heterocycles. The molecular weight excluding hydrogens is 719 g/mol. The molecule has 1 aliphatic carbocycles. The maximum absolute atomic E-state index is 13.9. The molecule has 0 spiro atoms. The standard InChI is InChI=1S/C46H49N5O6/c1-28-18-37-39(47-24-34-20-32(27-50(34)44(37)52)30-10-14-36(54-5)15-11-30)22-41(28)56-16-7-17-57-43-23-40-38(21-42(43)55-6)45(53)51-26-31(19-35(51)25-48-40)29-8-12-33(13-9-29)49-46(2,3)4/h8-15,18,21-27,34-35,38,40,49H,7,16-17,19-20H2,1-6H3/t34-,35-,38?,40?/m0/s1. The third-order valence-corrected chi connectivity index (χ3v) is 10.8. The lowest BCUT2D eigenvalue weighted by atomic mass is 9.92. The number of rotatable bonds is 11. The summed E-state index contributed by atoms with van der Waals surface area (Å²) in [7, 11) is 3.23. The molecule has 5 aliphatic rings. The molecule has 11 nitrogen and oxygen atoms in total. The van der Waals surface area contributed by atoms with Gasteiger partial charge < -0.3 is 34.1 Å². The van der Waals surface area contributed by atoms with Crippen LogP contribution in [0.15, 0.2) is 107 Å². The summed E-state index contributed by atoms with van der Waals surface area (Å²) in [6, 6.07) is 19.2. The number of hydrogen-bond acceptors (Lipinski definition) is 9. The lowest BCUT2D eigenvalue weighted by Crippen LogP contribution is -2.39. The van der Waals surface area contributed by atoms with E-state index in [1.165, 1.54) is 0 Å². The molecule has 2 amide bonds. The van der Waals surface area contributed by atoms with E-state index >= 15 is 0 Å². The van der Waals surface area contributed by atoms with Crippen molar-refractivity contribution in [3.8, 4) is 11.5 Å². The van der Waals surface area contributed by atoms with E-state index in [9.17, 15) is 9.59 Å². The lowest BCUT2D eigenvalue weighted by Gasteiger charge is -2.27. The molecule has 2 unspecified atom stereocenters. The average Bonchev–Trinajstić information content (AvgIpc) is 3.78. The van der Waals surface area contributed by atoms with Gasteiger partial charge in [-0.2, -0.15) is 0 Å². The minimum Gasteiger partial charge on any atom is -0.497 e. The fourth-order valence-corrected chi connectivity index (χ4v) is 7.89. The second kappa shape index (κ2) is 15.4. The summed E-state index contributed by atoms with van der Waals surface area (Å²) in [5.41, 5.74) is 7.36. The van der Waals surface area contributed by atoms with Crippen LogP contribution in [0.4, 0.5) is 11.4 Å². The van der Waals surface area contributed by atoms with E-state index in [2.05, 4.69) is 50.4 Å². The van der Waals surface area contributed by atoms with Crippen molar-refractivity contribution in [1.82, 2.24) is 9.80 Å². The highest BCUT2D eigenvalue weighted by Gasteiger charge is 2.40. The van der Waals surface area contributed by atoms with Crippen LogP contribution in [0.3, 0.4) is 0 Å². The second-order valence-electron chi connectivity index (χ2n) is 16.0. The van der Waals surface area contributed by atoms with Gasteiger partial charge in [0.1, 0.15) is 11.5 Å². The van der Waals surface area contributed by atoms with Crippen LogP contribution >= 0.6 is 0 Å². The van der Waals surface area contributed by atoms with Crippen molar-refractivity contribution in [1.29, 1.82) is 0 Å². The van der Waals surface area contributed by atoms with E-state index in [1.807, 2.05) is 85.2 Å². The fraction of sp³-hybridized carbons (Fsp3) is 0.348. The summed E-state index contributed by atoms with van der Waals surface area (Å²) in [6.07, 6.45) is 13.3. The monoisotopic (exact) mass is 767 g/mol. The fourth-order valence-electron chi connectivity index (χ4n) is 7.89. The van der Waals surface area contributed by atoms with Gasteiger partial charge in [0.05, 0.1) is 62.7 Å². The Morgan fingerprint density at radius 3 is 2.14 bits per heavy atom. The van der Waals surface area contributed by atoms with Crippen LogP contribution in [-0.4, -0.2) is 85.1 Å². The van der Waals surface area contributed by atoms with Crippen LogP contribution in [0.1, 0.15) is 67.1 Å². The van der Waals surface area contributed by atoms with E-state index in [0.717, 1.165) is 39.3 Å². The third kappa shape index (κ3) is 7.83. The van der Waals surface area contributed by atoms with Crippen molar-refractivity contribution in [2.75, 3.05) is 32.8 Å². The molecule has 0 saturated carbocycles. The topological polar surface area (TPSA) is 114 Å². The van der Waals surface area contributed by atoms with Gasteiger partial charge in [0.15, 0.2) is 11.5 Å². The largest absolute Gasteiger partial charge is 0.497 e. The van der Waals surface area contributed by atoms with E-state index in [4.69, 9.17) is 28.9 Å². The number of nitrogens with zero attached hydrogens (tertiary/aromatic N) is 4. The lowest BCUT2D eigenvalue weighted by molar-refractivity contribution is -0.131. The molecule has 3 aromatic carbocycles. The molecule has 11 heteroatoms. The van der Waals surface area contributed by atoms with Crippen molar-refractivity contribution in [2.45, 2.75) is 70.6 Å². The van der Waals surface area contributed by atoms with Crippen molar-refractivity contribution in [3.63, 3.8) is 0 Å². The van der Waals surface area contributed by atoms with Crippen LogP contribution in [0.2, 0.25) is 0 Å². The molecule has 1 N–H and O–H groups in total. The summed E-state index contributed by atoms with van der Waals surface area (Å²) >= 11 is 0. The van der Waals surface area contributed by atoms with E-state index in [-0.39, 0.29) is 29.4 Å². The zero-order valence-corrected chi connectivity index (χ0v) is 33.3. The first kappa shape index (κ1) is 37.8. The highest BCUT2D eigenvalue weighted by atomic mass is 16.5. The number of benzene rings is 3. The maximum atomic E-state index is 13.9. The summed E-state index contributed by atoms with van der Waals surface area (Å²) in [6.45, 7) is 9.10. The quantitative estimate of drug-likeness (QED) is 0.196. The van der Waals surface area contributed by atoms with Crippen molar-refractivity contribution < 1.29 is 28.5 Å². The number of aryl methyl sites for hydroxylation is 1. The Hall–Kier alpha value is -6.10. The average molecular weight is 768 g/mol. The first-order valence-corrected chi connectivity index (χ1v) is 19.5. The van der Waals surface area contributed by atoms with Gasteiger partial charge in [-0.05, 0) is 98.0 Å². The highest BCUT2D eigenvalue weighted by molar-refractivity contribution is 6.05. The predicted molar refractivity (Wildman–Crippen MR) is 223 cm³/mol. The first-order valence-electron chi connectivity index (χ1n) is 19.5. The molecule has 0 saturated heterocycles. The summed E-state index contributed by atoms with van der Waals surface area (Å²) in [5, 5.41) is 3.50. The summed E-state index contributed by atoms with van der Waals surface area (Å²) in [5.74, 6) is 1.94. The van der Waals surface area contributed by atoms with E-state index < -0.39 is 12.0 Å². The van der Waals surface area contributed by atoms with Crippen LogP contribution < -0.4 is 14.8 Å². The normalized spacial score (nSPS) is 22.2. The van der Waals surface area contributed by atoms with Gasteiger partial charge in [-0.15, -0.1) is 0 Å². The Morgan fingerprint density at radius 2 is 1.46 bits per heavy atom. The number of ether oxygens (including phenoxy) is 4. The molecule has 4 atom stereocenters. The van der Waals surface area contributed by atoms with Crippen LogP contribution in [0, 0.1) is 12.8 Å². The minimum absolute atomic E-state index is 0.0147. The zero-order chi connectivity index (χ0) is 39.8. The van der Waals surface area contributed by atoms with E-state index in [1.54, 1.807) is 19.1 Å². The Morgan fingerprint density at radius 1 is 0.789 bits per heavy atom. The maximum Gasteiger partial charge on any atom is 0.260 e. The number of amides is 2. The Kier molecular flexibility index (Phi) is 10.2. The SMILES string of the molecule is COC1=CC2C(=O)N3C=C(c4ccc(NC(C)(C)C)cc4)C[C@H]3C=NC2C=C1OCCCOc1cc2c(cc1C)C(=O)N1C=C(c3ccc(OC)cc3)C[C@H]1C=N2. The number of anilines is 1. The van der Waals surface area contributed by atoms with Crippen molar-refractivity contribution in [2.24, 2.45) is 15.9 Å². The van der Waals surface area contributed by atoms with Gasteiger partial charge in [-0.25, -0.2) is 0 Å². The number of carbonyl (C=O) groups is 2. The summed E-state index contributed by atoms with van der Waals surface area (Å²) < 4.78 is 23.4. The zero-order valence-electron chi connectivity index (χ0n) is 33.3. The van der Waals surface area contributed by atoms with Crippen LogP contribution in [0.25, 0.3) is 11.1 Å². The molecule has 3 aromatic rings. The number of hydrogen-bond donors (Lipinski definition) is 1. The first-order chi connectivity index (χ1) is 27.5.